The Morgan fingerprint density at radius 2 is 2.23 bits per heavy atom. The summed E-state index contributed by atoms with van der Waals surface area (Å²) >= 11 is 0. The Hall–Kier alpha value is -3.14. The van der Waals surface area contributed by atoms with E-state index in [4.69, 9.17) is 14.7 Å². The molecule has 22 heavy (non-hydrogen) atoms. The van der Waals surface area contributed by atoms with Crippen LogP contribution in [0.5, 0.6) is 5.75 Å². The van der Waals surface area contributed by atoms with Gasteiger partial charge in [-0.2, -0.15) is 5.26 Å². The maximum Gasteiger partial charge on any atom is 0.348 e. The van der Waals surface area contributed by atoms with Gasteiger partial charge in [-0.05, 0) is 19.1 Å². The zero-order valence-electron chi connectivity index (χ0n) is 12.1. The van der Waals surface area contributed by atoms with Crippen LogP contribution in [0.15, 0.2) is 35.9 Å². The van der Waals surface area contributed by atoms with Gasteiger partial charge in [-0.1, -0.05) is 12.2 Å². The number of methoxy groups -OCH3 is 1. The normalized spacial score (nSPS) is 11.0. The Balaban J connectivity index is 3.07. The molecule has 1 aromatic rings. The van der Waals surface area contributed by atoms with Crippen LogP contribution < -0.4 is 4.74 Å². The molecule has 0 fully saturated rings. The Morgan fingerprint density at radius 3 is 2.77 bits per heavy atom. The molecule has 0 heterocycles. The highest BCUT2D eigenvalue weighted by atomic mass is 16.6. The van der Waals surface area contributed by atoms with Crippen LogP contribution in [0.3, 0.4) is 0 Å². The summed E-state index contributed by atoms with van der Waals surface area (Å²) in [7, 11) is 1.44. The lowest BCUT2D eigenvalue weighted by molar-refractivity contribution is -0.384. The number of ether oxygens (including phenoxy) is 2. The molecule has 0 saturated heterocycles. The summed E-state index contributed by atoms with van der Waals surface area (Å²) < 4.78 is 9.81. The molecule has 1 aromatic carbocycles. The van der Waals surface area contributed by atoms with E-state index in [9.17, 15) is 14.9 Å². The third-order valence-electron chi connectivity index (χ3n) is 2.58. The summed E-state index contributed by atoms with van der Waals surface area (Å²) in [5.41, 5.74) is 0.201. The van der Waals surface area contributed by atoms with Crippen molar-refractivity contribution >= 4 is 17.7 Å². The molecule has 7 nitrogen and oxygen atoms in total. The number of esters is 1. The van der Waals surface area contributed by atoms with Crippen LogP contribution in [-0.2, 0) is 9.53 Å². The predicted molar refractivity (Wildman–Crippen MR) is 79.0 cm³/mol. The molecule has 0 saturated carbocycles. The van der Waals surface area contributed by atoms with Crippen LogP contribution in [-0.4, -0.2) is 24.6 Å². The van der Waals surface area contributed by atoms with E-state index in [0.29, 0.717) is 11.3 Å². The molecule has 0 aliphatic rings. The lowest BCUT2D eigenvalue weighted by atomic mass is 10.1. The molecular formula is C15H14N2O5. The van der Waals surface area contributed by atoms with Gasteiger partial charge in [0.15, 0.2) is 0 Å². The van der Waals surface area contributed by atoms with Gasteiger partial charge in [0.05, 0.1) is 18.6 Å². The Labute approximate surface area is 127 Å². The number of carbonyl (C=O) groups excluding carboxylic acids is 1. The van der Waals surface area contributed by atoms with Crippen LogP contribution in [0.2, 0.25) is 0 Å². The molecule has 114 valence electrons. The molecule has 0 bridgehead atoms. The zero-order chi connectivity index (χ0) is 16.5. The SMILES string of the molecule is CCOC(=O)/C(C#N)=C/C=C/c1cc([N+](=O)[O-])ccc1OC. The monoisotopic (exact) mass is 302 g/mol. The maximum atomic E-state index is 11.4. The van der Waals surface area contributed by atoms with E-state index in [1.54, 1.807) is 13.0 Å². The van der Waals surface area contributed by atoms with Gasteiger partial charge in [0.25, 0.3) is 5.69 Å². The molecule has 0 atom stereocenters. The van der Waals surface area contributed by atoms with Crippen LogP contribution in [0, 0.1) is 21.4 Å². The van der Waals surface area contributed by atoms with Gasteiger partial charge < -0.3 is 9.47 Å². The summed E-state index contributed by atoms with van der Waals surface area (Å²) in [6.45, 7) is 1.80. The fraction of sp³-hybridized carbons (Fsp3) is 0.200. The molecule has 0 aromatic heterocycles. The molecular weight excluding hydrogens is 288 g/mol. The highest BCUT2D eigenvalue weighted by molar-refractivity contribution is 5.93. The summed E-state index contributed by atoms with van der Waals surface area (Å²) in [6, 6.07) is 5.85. The molecule has 7 heteroatoms. The summed E-state index contributed by atoms with van der Waals surface area (Å²) in [6.07, 6.45) is 4.20. The maximum absolute atomic E-state index is 11.4. The number of nitriles is 1. The summed E-state index contributed by atoms with van der Waals surface area (Å²) in [4.78, 5) is 21.7. The van der Waals surface area contributed by atoms with Crippen molar-refractivity contribution in [3.63, 3.8) is 0 Å². The van der Waals surface area contributed by atoms with Gasteiger partial charge in [0.2, 0.25) is 0 Å². The topological polar surface area (TPSA) is 102 Å². The van der Waals surface area contributed by atoms with Crippen LogP contribution in [0.25, 0.3) is 6.08 Å². The molecule has 0 aliphatic carbocycles. The fourth-order valence-electron chi connectivity index (χ4n) is 1.57. The van der Waals surface area contributed by atoms with Crippen LogP contribution in [0.1, 0.15) is 12.5 Å². The molecule has 1 rings (SSSR count). The number of hydrogen-bond acceptors (Lipinski definition) is 6. The molecule has 0 spiro atoms. The van der Waals surface area contributed by atoms with Crippen molar-refractivity contribution in [2.75, 3.05) is 13.7 Å². The smallest absolute Gasteiger partial charge is 0.348 e. The second kappa shape index (κ2) is 8.21. The molecule has 0 unspecified atom stereocenters. The largest absolute Gasteiger partial charge is 0.496 e. The third kappa shape index (κ3) is 4.45. The minimum absolute atomic E-state index is 0.0877. The fourth-order valence-corrected chi connectivity index (χ4v) is 1.57. The third-order valence-corrected chi connectivity index (χ3v) is 2.58. The first-order chi connectivity index (χ1) is 10.5. The second-order valence-corrected chi connectivity index (χ2v) is 3.96. The summed E-state index contributed by atoms with van der Waals surface area (Å²) in [5, 5.41) is 19.6. The van der Waals surface area contributed by atoms with E-state index in [1.807, 2.05) is 0 Å². The average molecular weight is 302 g/mol. The van der Waals surface area contributed by atoms with Crippen molar-refractivity contribution in [2.24, 2.45) is 0 Å². The Bertz CT molecular complexity index is 671. The van der Waals surface area contributed by atoms with E-state index >= 15 is 0 Å². The van der Waals surface area contributed by atoms with E-state index < -0.39 is 10.9 Å². The van der Waals surface area contributed by atoms with Crippen molar-refractivity contribution < 1.29 is 19.2 Å². The second-order valence-electron chi connectivity index (χ2n) is 3.96. The van der Waals surface area contributed by atoms with E-state index in [2.05, 4.69) is 0 Å². The lowest BCUT2D eigenvalue weighted by Crippen LogP contribution is -2.05. The standard InChI is InChI=1S/C15H14N2O5/c1-3-22-15(18)12(10-16)6-4-5-11-9-13(17(19)20)7-8-14(11)21-2/h4-9H,3H2,1-2H3/b5-4+,12-6+. The molecule has 0 aliphatic heterocycles. The first-order valence-corrected chi connectivity index (χ1v) is 6.31. The quantitative estimate of drug-likeness (QED) is 0.200. The Morgan fingerprint density at radius 1 is 1.50 bits per heavy atom. The van der Waals surface area contributed by atoms with E-state index in [1.165, 1.54) is 43.5 Å². The van der Waals surface area contributed by atoms with Gasteiger partial charge in [-0.3, -0.25) is 10.1 Å². The van der Waals surface area contributed by atoms with Gasteiger partial charge in [-0.25, -0.2) is 4.79 Å². The minimum Gasteiger partial charge on any atom is -0.496 e. The van der Waals surface area contributed by atoms with Gasteiger partial charge in [-0.15, -0.1) is 0 Å². The van der Waals surface area contributed by atoms with Crippen molar-refractivity contribution in [1.82, 2.24) is 0 Å². The first kappa shape index (κ1) is 16.9. The van der Waals surface area contributed by atoms with Crippen molar-refractivity contribution in [1.29, 1.82) is 5.26 Å². The van der Waals surface area contributed by atoms with Gasteiger partial charge >= 0.3 is 5.97 Å². The molecule has 0 amide bonds. The number of non-ortho nitro benzene ring substituents is 1. The molecule has 0 N–H and O–H groups in total. The van der Waals surface area contributed by atoms with Crippen molar-refractivity contribution in [3.8, 4) is 11.8 Å². The number of carbonyl (C=O) groups is 1. The highest BCUT2D eigenvalue weighted by Crippen LogP contribution is 2.25. The number of nitro benzene ring substituents is 1. The number of rotatable bonds is 6. The van der Waals surface area contributed by atoms with Crippen molar-refractivity contribution in [2.45, 2.75) is 6.92 Å². The number of nitro groups is 1. The van der Waals surface area contributed by atoms with Crippen LogP contribution >= 0.6 is 0 Å². The number of nitrogens with zero attached hydrogens (tertiary/aromatic N) is 2. The Kier molecular flexibility index (Phi) is 6.32. The number of allylic oxidation sites excluding steroid dienone is 2. The van der Waals surface area contributed by atoms with Crippen molar-refractivity contribution in [3.05, 3.63) is 51.6 Å². The molecule has 0 radical (unpaired) electrons. The van der Waals surface area contributed by atoms with Gasteiger partial charge in [0, 0.05) is 17.7 Å². The predicted octanol–water partition coefficient (Wildman–Crippen LogP) is 2.63. The van der Waals surface area contributed by atoms with E-state index in [0.717, 1.165) is 0 Å². The first-order valence-electron chi connectivity index (χ1n) is 6.31. The number of hydrogen-bond donors (Lipinski definition) is 0. The zero-order valence-corrected chi connectivity index (χ0v) is 12.1. The highest BCUT2D eigenvalue weighted by Gasteiger charge is 2.10. The summed E-state index contributed by atoms with van der Waals surface area (Å²) in [5.74, 6) is -0.287. The van der Waals surface area contributed by atoms with E-state index in [-0.39, 0.29) is 17.9 Å². The van der Waals surface area contributed by atoms with Crippen LogP contribution in [0.4, 0.5) is 5.69 Å². The minimum atomic E-state index is -0.722. The van der Waals surface area contributed by atoms with Gasteiger partial charge in [0.1, 0.15) is 17.4 Å². The number of benzene rings is 1. The average Bonchev–Trinajstić information content (AvgIpc) is 2.51. The lowest BCUT2D eigenvalue weighted by Gasteiger charge is -2.03.